The first kappa shape index (κ1) is 15.9. The number of hydrogen-bond donors (Lipinski definition) is 2. The number of benzene rings is 1. The van der Waals surface area contributed by atoms with Gasteiger partial charge in [0.05, 0.1) is 17.6 Å². The van der Waals surface area contributed by atoms with E-state index in [1.54, 1.807) is 19.1 Å². The number of aliphatic hydroxyl groups is 1. The molecule has 0 aliphatic heterocycles. The van der Waals surface area contributed by atoms with Gasteiger partial charge >= 0.3 is 0 Å². The molecule has 1 aromatic rings. The molecule has 1 unspecified atom stereocenters. The molecular formula is C12H20N2O4S. The Bertz CT molecular complexity index is 510. The molecule has 0 saturated carbocycles. The number of hydrogen-bond acceptors (Lipinski definition) is 5. The minimum Gasteiger partial charge on any atom is -0.399 e. The zero-order valence-corrected chi connectivity index (χ0v) is 12.1. The Morgan fingerprint density at radius 2 is 2.05 bits per heavy atom. The van der Waals surface area contributed by atoms with Crippen molar-refractivity contribution in [2.45, 2.75) is 17.9 Å². The molecule has 0 amide bonds. The third-order valence-electron chi connectivity index (χ3n) is 2.61. The topological polar surface area (TPSA) is 92.9 Å². The van der Waals surface area contributed by atoms with E-state index in [0.29, 0.717) is 5.69 Å². The van der Waals surface area contributed by atoms with Gasteiger partial charge in [0.1, 0.15) is 0 Å². The Morgan fingerprint density at radius 1 is 1.42 bits per heavy atom. The van der Waals surface area contributed by atoms with Crippen molar-refractivity contribution < 1.29 is 18.3 Å². The van der Waals surface area contributed by atoms with E-state index in [2.05, 4.69) is 0 Å². The van der Waals surface area contributed by atoms with Crippen LogP contribution in [0.4, 0.5) is 5.69 Å². The van der Waals surface area contributed by atoms with Gasteiger partial charge < -0.3 is 15.6 Å². The molecule has 7 heteroatoms. The van der Waals surface area contributed by atoms with Gasteiger partial charge in [0.15, 0.2) is 0 Å². The summed E-state index contributed by atoms with van der Waals surface area (Å²) in [5.74, 6) is 0. The summed E-state index contributed by atoms with van der Waals surface area (Å²) in [4.78, 5) is 0.122. The number of nitrogen functional groups attached to an aromatic ring is 1. The maximum atomic E-state index is 12.3. The number of ether oxygens (including phenoxy) is 1. The van der Waals surface area contributed by atoms with Crippen molar-refractivity contribution in [3.63, 3.8) is 0 Å². The highest BCUT2D eigenvalue weighted by Crippen LogP contribution is 2.19. The zero-order chi connectivity index (χ0) is 14.6. The number of sulfonamides is 1. The number of likely N-dealkylation sites (N-methyl/N-ethyl adjacent to an activating group) is 1. The van der Waals surface area contributed by atoms with Gasteiger partial charge in [-0.2, -0.15) is 4.31 Å². The lowest BCUT2D eigenvalue weighted by atomic mass is 10.2. The van der Waals surface area contributed by atoms with Crippen molar-refractivity contribution in [1.82, 2.24) is 4.31 Å². The quantitative estimate of drug-likeness (QED) is 0.730. The van der Waals surface area contributed by atoms with E-state index in [9.17, 15) is 13.5 Å². The average Bonchev–Trinajstić information content (AvgIpc) is 2.27. The first-order valence-electron chi connectivity index (χ1n) is 5.78. The van der Waals surface area contributed by atoms with E-state index < -0.39 is 16.1 Å². The lowest BCUT2D eigenvalue weighted by molar-refractivity contribution is 0.0554. The second-order valence-electron chi connectivity index (χ2n) is 4.47. The monoisotopic (exact) mass is 288 g/mol. The fraction of sp³-hybridized carbons (Fsp3) is 0.500. The minimum atomic E-state index is -3.66. The van der Waals surface area contributed by atoms with Crippen molar-refractivity contribution >= 4 is 15.7 Å². The first-order valence-corrected chi connectivity index (χ1v) is 7.22. The number of rotatable bonds is 6. The molecule has 0 aromatic heterocycles. The van der Waals surface area contributed by atoms with Gasteiger partial charge in [-0.3, -0.25) is 0 Å². The predicted octanol–water partition coefficient (Wildman–Crippen LogP) is 0.205. The van der Waals surface area contributed by atoms with Gasteiger partial charge in [0.25, 0.3) is 0 Å². The van der Waals surface area contributed by atoms with Crippen LogP contribution in [-0.4, -0.2) is 51.2 Å². The predicted molar refractivity (Wildman–Crippen MR) is 73.3 cm³/mol. The Hall–Kier alpha value is -1.15. The van der Waals surface area contributed by atoms with Crippen molar-refractivity contribution in [2.75, 3.05) is 33.0 Å². The number of anilines is 1. The fourth-order valence-electron chi connectivity index (χ4n) is 1.75. The largest absolute Gasteiger partial charge is 0.399 e. The van der Waals surface area contributed by atoms with E-state index in [1.807, 2.05) is 0 Å². The van der Waals surface area contributed by atoms with Crippen LogP contribution in [-0.2, 0) is 14.8 Å². The molecule has 1 atom stereocenters. The molecule has 1 aromatic carbocycles. The third kappa shape index (κ3) is 4.17. The second-order valence-corrected chi connectivity index (χ2v) is 6.52. The van der Waals surface area contributed by atoms with Gasteiger partial charge in [0.2, 0.25) is 10.0 Å². The summed E-state index contributed by atoms with van der Waals surface area (Å²) in [7, 11) is -0.807. The number of aryl methyl sites for hydroxylation is 1. The molecule has 19 heavy (non-hydrogen) atoms. The summed E-state index contributed by atoms with van der Waals surface area (Å²) in [5.41, 5.74) is 6.81. The van der Waals surface area contributed by atoms with Gasteiger partial charge in [-0.05, 0) is 30.7 Å². The molecule has 3 N–H and O–H groups in total. The van der Waals surface area contributed by atoms with Gasteiger partial charge in [-0.25, -0.2) is 8.42 Å². The fourth-order valence-corrected chi connectivity index (χ4v) is 3.09. The van der Waals surface area contributed by atoms with Crippen LogP contribution in [0.25, 0.3) is 0 Å². The first-order chi connectivity index (χ1) is 8.77. The highest BCUT2D eigenvalue weighted by atomic mass is 32.2. The Labute approximate surface area is 113 Å². The van der Waals surface area contributed by atoms with Crippen LogP contribution in [0.1, 0.15) is 5.56 Å². The smallest absolute Gasteiger partial charge is 0.242 e. The van der Waals surface area contributed by atoms with Gasteiger partial charge in [0, 0.05) is 26.4 Å². The molecule has 6 nitrogen and oxygen atoms in total. The summed E-state index contributed by atoms with van der Waals surface area (Å²) in [6.45, 7) is 1.81. The third-order valence-corrected chi connectivity index (χ3v) is 4.41. The highest BCUT2D eigenvalue weighted by molar-refractivity contribution is 7.89. The van der Waals surface area contributed by atoms with E-state index in [1.165, 1.54) is 20.2 Å². The van der Waals surface area contributed by atoms with Crippen LogP contribution >= 0.6 is 0 Å². The van der Waals surface area contributed by atoms with Crippen LogP contribution in [0.3, 0.4) is 0 Å². The van der Waals surface area contributed by atoms with Crippen LogP contribution in [0, 0.1) is 6.92 Å². The van der Waals surface area contributed by atoms with Crippen LogP contribution in [0.5, 0.6) is 0 Å². The van der Waals surface area contributed by atoms with Gasteiger partial charge in [-0.15, -0.1) is 0 Å². The van der Waals surface area contributed by atoms with Crippen molar-refractivity contribution in [3.8, 4) is 0 Å². The number of methoxy groups -OCH3 is 1. The second kappa shape index (κ2) is 6.33. The molecule has 108 valence electrons. The molecule has 0 heterocycles. The molecule has 0 radical (unpaired) electrons. The standard InChI is InChI=1S/C12H20N2O4S/c1-9-4-10(13)6-12(5-9)19(16,17)14(2)7-11(15)8-18-3/h4-6,11,15H,7-8,13H2,1-3H3. The van der Waals surface area contributed by atoms with Gasteiger partial charge in [-0.1, -0.05) is 0 Å². The van der Waals surface area contributed by atoms with Crippen molar-refractivity contribution in [3.05, 3.63) is 23.8 Å². The van der Waals surface area contributed by atoms with Crippen LogP contribution in [0.2, 0.25) is 0 Å². The van der Waals surface area contributed by atoms with Crippen molar-refractivity contribution in [2.24, 2.45) is 0 Å². The molecular weight excluding hydrogens is 268 g/mol. The molecule has 0 spiro atoms. The Balaban J connectivity index is 2.96. The van der Waals surface area contributed by atoms with E-state index in [-0.39, 0.29) is 18.0 Å². The lowest BCUT2D eigenvalue weighted by Gasteiger charge is -2.20. The number of nitrogens with two attached hydrogens (primary N) is 1. The molecule has 0 aliphatic rings. The summed E-state index contributed by atoms with van der Waals surface area (Å²) in [5, 5.41) is 9.58. The van der Waals surface area contributed by atoms with E-state index in [4.69, 9.17) is 10.5 Å². The van der Waals surface area contributed by atoms with E-state index >= 15 is 0 Å². The average molecular weight is 288 g/mol. The molecule has 0 bridgehead atoms. The molecule has 1 rings (SSSR count). The SMILES string of the molecule is COCC(O)CN(C)S(=O)(=O)c1cc(C)cc(N)c1. The summed E-state index contributed by atoms with van der Waals surface area (Å²) in [6, 6.07) is 4.64. The number of aliphatic hydroxyl groups excluding tert-OH is 1. The maximum Gasteiger partial charge on any atom is 0.242 e. The van der Waals surface area contributed by atoms with E-state index in [0.717, 1.165) is 9.87 Å². The van der Waals surface area contributed by atoms with Crippen molar-refractivity contribution in [1.29, 1.82) is 0 Å². The molecule has 0 aliphatic carbocycles. The number of nitrogens with zero attached hydrogens (tertiary/aromatic N) is 1. The summed E-state index contributed by atoms with van der Waals surface area (Å²) in [6.07, 6.45) is -0.869. The van der Waals surface area contributed by atoms with Crippen LogP contribution in [0.15, 0.2) is 23.1 Å². The Morgan fingerprint density at radius 3 is 2.58 bits per heavy atom. The minimum absolute atomic E-state index is 0.0377. The summed E-state index contributed by atoms with van der Waals surface area (Å²) < 4.78 is 30.4. The molecule has 0 fully saturated rings. The molecule has 0 saturated heterocycles. The maximum absolute atomic E-state index is 12.3. The highest BCUT2D eigenvalue weighted by Gasteiger charge is 2.23. The Kier molecular flexibility index (Phi) is 5.30. The lowest BCUT2D eigenvalue weighted by Crippen LogP contribution is -2.36. The summed E-state index contributed by atoms with van der Waals surface area (Å²) >= 11 is 0. The normalized spacial score (nSPS) is 13.7. The zero-order valence-electron chi connectivity index (χ0n) is 11.3. The van der Waals surface area contributed by atoms with Crippen LogP contribution < -0.4 is 5.73 Å².